The number of nitrogens with zero attached hydrogens (tertiary/aromatic N) is 3. The van der Waals surface area contributed by atoms with E-state index in [0.29, 0.717) is 30.0 Å². The number of rotatable bonds is 1. The maximum atomic E-state index is 12.0. The molecule has 0 amide bonds. The summed E-state index contributed by atoms with van der Waals surface area (Å²) in [5.74, 6) is 0.604. The highest BCUT2D eigenvalue weighted by Gasteiger charge is 2.34. The van der Waals surface area contributed by atoms with E-state index in [0.717, 1.165) is 12.1 Å². The maximum Gasteiger partial charge on any atom is 0.265 e. The lowest BCUT2D eigenvalue weighted by atomic mass is 9.84. The van der Waals surface area contributed by atoms with Crippen LogP contribution in [0.3, 0.4) is 0 Å². The summed E-state index contributed by atoms with van der Waals surface area (Å²) in [6, 6.07) is 3.77. The molecule has 2 aliphatic rings. The molecule has 0 unspecified atom stereocenters. The first-order chi connectivity index (χ1) is 8.19. The standard InChI is InChI=1S/C11H12BrN3O2/c12-9-1-2-10-8-3-7(4-14(6-8)13-17)5-15(10)11(9)16/h1-2,7-8H,3-6H2/t7-,8-/m1/s1. The molecule has 2 atom stereocenters. The van der Waals surface area contributed by atoms with E-state index in [1.165, 1.54) is 0 Å². The normalized spacial score (nSPS) is 26.5. The third kappa shape index (κ3) is 1.71. The van der Waals surface area contributed by atoms with E-state index in [1.807, 2.05) is 10.6 Å². The lowest BCUT2D eigenvalue weighted by Gasteiger charge is -2.40. The van der Waals surface area contributed by atoms with Crippen LogP contribution in [-0.4, -0.2) is 22.7 Å². The quantitative estimate of drug-likeness (QED) is 0.742. The van der Waals surface area contributed by atoms with Gasteiger partial charge in [0.2, 0.25) is 0 Å². The molecule has 1 aromatic heterocycles. The number of piperidine rings is 1. The van der Waals surface area contributed by atoms with Gasteiger partial charge in [0.05, 0.1) is 9.76 Å². The Kier molecular flexibility index (Phi) is 2.54. The molecule has 2 bridgehead atoms. The molecule has 3 rings (SSSR count). The average Bonchev–Trinajstić information content (AvgIpc) is 2.34. The number of nitroso groups, excluding NO2 is 1. The first kappa shape index (κ1) is 11.0. The van der Waals surface area contributed by atoms with Gasteiger partial charge in [0.1, 0.15) is 0 Å². The lowest BCUT2D eigenvalue weighted by molar-refractivity contribution is 0.122. The van der Waals surface area contributed by atoms with Gasteiger partial charge in [0.15, 0.2) is 0 Å². The summed E-state index contributed by atoms with van der Waals surface area (Å²) in [7, 11) is 0. The Hall–Kier alpha value is -1.17. The van der Waals surface area contributed by atoms with Gasteiger partial charge in [-0.05, 0) is 40.4 Å². The molecule has 90 valence electrons. The maximum absolute atomic E-state index is 12.0. The second-order valence-corrected chi connectivity index (χ2v) is 5.63. The molecule has 3 heterocycles. The van der Waals surface area contributed by atoms with Crippen molar-refractivity contribution in [2.24, 2.45) is 11.2 Å². The molecule has 1 saturated heterocycles. The third-order valence-corrected chi connectivity index (χ3v) is 4.26. The van der Waals surface area contributed by atoms with Gasteiger partial charge in [-0.25, -0.2) is 0 Å². The van der Waals surface area contributed by atoms with Gasteiger partial charge in [-0.15, -0.1) is 4.91 Å². The Morgan fingerprint density at radius 1 is 1.29 bits per heavy atom. The zero-order valence-corrected chi connectivity index (χ0v) is 10.8. The van der Waals surface area contributed by atoms with Gasteiger partial charge >= 0.3 is 0 Å². The van der Waals surface area contributed by atoms with Crippen LogP contribution in [0.5, 0.6) is 0 Å². The topological polar surface area (TPSA) is 54.7 Å². The Labute approximate surface area is 106 Å². The van der Waals surface area contributed by atoms with E-state index >= 15 is 0 Å². The van der Waals surface area contributed by atoms with Gasteiger partial charge in [-0.1, -0.05) is 0 Å². The van der Waals surface area contributed by atoms with E-state index in [-0.39, 0.29) is 11.5 Å². The van der Waals surface area contributed by atoms with Crippen molar-refractivity contribution in [1.29, 1.82) is 0 Å². The molecular weight excluding hydrogens is 286 g/mol. The summed E-state index contributed by atoms with van der Waals surface area (Å²) in [6.07, 6.45) is 1.05. The highest BCUT2D eigenvalue weighted by Crippen LogP contribution is 2.35. The molecule has 0 aliphatic carbocycles. The fourth-order valence-electron chi connectivity index (χ4n) is 2.96. The van der Waals surface area contributed by atoms with Gasteiger partial charge in [0.25, 0.3) is 5.56 Å². The van der Waals surface area contributed by atoms with Crippen molar-refractivity contribution in [3.8, 4) is 0 Å². The van der Waals surface area contributed by atoms with E-state index in [9.17, 15) is 9.70 Å². The Morgan fingerprint density at radius 3 is 2.88 bits per heavy atom. The molecule has 17 heavy (non-hydrogen) atoms. The SMILES string of the molecule is O=NN1C[C@H]2C[C@H](C1)c1ccc(Br)c(=O)n1C2. The molecule has 1 aromatic rings. The van der Waals surface area contributed by atoms with Crippen molar-refractivity contribution in [2.75, 3.05) is 13.1 Å². The fourth-order valence-corrected chi connectivity index (χ4v) is 3.31. The van der Waals surface area contributed by atoms with Crippen LogP contribution in [0.25, 0.3) is 0 Å². The minimum atomic E-state index is 0.0321. The zero-order valence-electron chi connectivity index (χ0n) is 9.17. The van der Waals surface area contributed by atoms with E-state index in [1.54, 1.807) is 11.1 Å². The summed E-state index contributed by atoms with van der Waals surface area (Å²) in [4.78, 5) is 22.6. The monoisotopic (exact) mass is 297 g/mol. The molecule has 6 heteroatoms. The number of aromatic nitrogens is 1. The van der Waals surface area contributed by atoms with Crippen LogP contribution in [0.15, 0.2) is 26.7 Å². The average molecular weight is 298 g/mol. The first-order valence-corrected chi connectivity index (χ1v) is 6.46. The Morgan fingerprint density at radius 2 is 2.12 bits per heavy atom. The van der Waals surface area contributed by atoms with Crippen LogP contribution in [0.1, 0.15) is 18.0 Å². The molecule has 1 fully saturated rings. The number of halogens is 1. The van der Waals surface area contributed by atoms with Crippen LogP contribution < -0.4 is 5.56 Å². The van der Waals surface area contributed by atoms with Gasteiger partial charge in [0, 0.05) is 31.2 Å². The molecule has 2 aliphatic heterocycles. The molecule has 0 N–H and O–H groups in total. The second-order valence-electron chi connectivity index (χ2n) is 4.77. The van der Waals surface area contributed by atoms with Crippen LogP contribution in [0.2, 0.25) is 0 Å². The minimum absolute atomic E-state index is 0.0321. The number of hydrogen-bond acceptors (Lipinski definition) is 3. The molecule has 0 spiro atoms. The smallest absolute Gasteiger partial charge is 0.265 e. The Bertz CT molecular complexity index is 528. The van der Waals surface area contributed by atoms with Crippen LogP contribution in [0, 0.1) is 10.8 Å². The minimum Gasteiger partial charge on any atom is -0.311 e. The number of fused-ring (bicyclic) bond motifs is 4. The summed E-state index contributed by atoms with van der Waals surface area (Å²) in [6.45, 7) is 1.98. The van der Waals surface area contributed by atoms with Crippen molar-refractivity contribution in [2.45, 2.75) is 18.9 Å². The fraction of sp³-hybridized carbons (Fsp3) is 0.545. The van der Waals surface area contributed by atoms with Gasteiger partial charge in [-0.2, -0.15) is 0 Å². The molecular formula is C11H12BrN3O2. The zero-order chi connectivity index (χ0) is 12.0. The summed E-state index contributed by atoms with van der Waals surface area (Å²) < 4.78 is 2.44. The third-order valence-electron chi connectivity index (χ3n) is 3.65. The number of hydrogen-bond donors (Lipinski definition) is 0. The van der Waals surface area contributed by atoms with Gasteiger partial charge in [-0.3, -0.25) is 9.80 Å². The molecule has 0 aromatic carbocycles. The van der Waals surface area contributed by atoms with Crippen molar-refractivity contribution >= 4 is 15.9 Å². The van der Waals surface area contributed by atoms with E-state index in [2.05, 4.69) is 21.2 Å². The highest BCUT2D eigenvalue weighted by atomic mass is 79.9. The first-order valence-electron chi connectivity index (χ1n) is 5.66. The van der Waals surface area contributed by atoms with Crippen molar-refractivity contribution < 1.29 is 0 Å². The lowest BCUT2D eigenvalue weighted by Crippen LogP contribution is -2.45. The largest absolute Gasteiger partial charge is 0.311 e. The number of pyridine rings is 1. The van der Waals surface area contributed by atoms with Gasteiger partial charge < -0.3 is 4.57 Å². The Balaban J connectivity index is 2.07. The second kappa shape index (κ2) is 3.94. The molecule has 0 saturated carbocycles. The van der Waals surface area contributed by atoms with E-state index in [4.69, 9.17) is 0 Å². The summed E-state index contributed by atoms with van der Waals surface area (Å²) >= 11 is 3.27. The summed E-state index contributed by atoms with van der Waals surface area (Å²) in [5.41, 5.74) is 1.06. The summed E-state index contributed by atoms with van der Waals surface area (Å²) in [5, 5.41) is 4.61. The van der Waals surface area contributed by atoms with Crippen molar-refractivity contribution in [1.82, 2.24) is 9.58 Å². The van der Waals surface area contributed by atoms with Crippen LogP contribution >= 0.6 is 15.9 Å². The predicted octanol–water partition coefficient (Wildman–Crippen LogP) is 1.71. The predicted molar refractivity (Wildman–Crippen MR) is 66.6 cm³/mol. The van der Waals surface area contributed by atoms with Crippen LogP contribution in [-0.2, 0) is 6.54 Å². The molecule has 0 radical (unpaired) electrons. The van der Waals surface area contributed by atoms with Crippen molar-refractivity contribution in [3.05, 3.63) is 37.6 Å². The van der Waals surface area contributed by atoms with Crippen molar-refractivity contribution in [3.63, 3.8) is 0 Å². The van der Waals surface area contributed by atoms with Crippen LogP contribution in [0.4, 0.5) is 0 Å². The highest BCUT2D eigenvalue weighted by molar-refractivity contribution is 9.10. The molecule has 5 nitrogen and oxygen atoms in total. The van der Waals surface area contributed by atoms with E-state index < -0.39 is 0 Å².